The van der Waals surface area contributed by atoms with Crippen molar-refractivity contribution in [1.82, 2.24) is 5.32 Å². The van der Waals surface area contributed by atoms with Gasteiger partial charge in [0.25, 0.3) is 0 Å². The predicted octanol–water partition coefficient (Wildman–Crippen LogP) is 3.83. The van der Waals surface area contributed by atoms with Crippen molar-refractivity contribution in [2.75, 3.05) is 20.3 Å². The van der Waals surface area contributed by atoms with E-state index in [0.29, 0.717) is 15.6 Å². The Balaban J connectivity index is 2.68. The van der Waals surface area contributed by atoms with E-state index < -0.39 is 18.8 Å². The van der Waals surface area contributed by atoms with Crippen LogP contribution in [0, 0.1) is 0 Å². The average Bonchev–Trinajstić information content (AvgIpc) is 2.27. The smallest absolute Gasteiger partial charge is 0.370 e. The predicted molar refractivity (Wildman–Crippen MR) is 65.1 cm³/mol. The van der Waals surface area contributed by atoms with Gasteiger partial charge in [0.1, 0.15) is 6.61 Å². The molecule has 1 aromatic carbocycles. The topological polar surface area (TPSA) is 21.3 Å². The van der Waals surface area contributed by atoms with Crippen LogP contribution in [-0.2, 0) is 4.74 Å². The van der Waals surface area contributed by atoms with Crippen molar-refractivity contribution in [1.29, 1.82) is 0 Å². The lowest BCUT2D eigenvalue weighted by Gasteiger charge is -2.19. The first-order valence-electron chi connectivity index (χ1n) is 5.10. The molecule has 0 amide bonds. The minimum atomic E-state index is -4.34. The van der Waals surface area contributed by atoms with Gasteiger partial charge >= 0.3 is 6.18 Å². The molecular weight excluding hydrogens is 290 g/mol. The normalized spacial score (nSPS) is 13.7. The van der Waals surface area contributed by atoms with Gasteiger partial charge in [0.05, 0.1) is 12.6 Å². The molecule has 1 rings (SSSR count). The van der Waals surface area contributed by atoms with Gasteiger partial charge in [-0.3, -0.25) is 0 Å². The third-order valence-corrected chi connectivity index (χ3v) is 2.81. The number of benzene rings is 1. The maximum atomic E-state index is 12.0. The standard InChI is InChI=1S/C11H12Cl2F3NO/c1-17-10(5-18-6-11(14,15)16)8-4-7(12)2-3-9(8)13/h2-4,10,17H,5-6H2,1H3. The summed E-state index contributed by atoms with van der Waals surface area (Å²) in [7, 11) is 1.61. The molecule has 0 fully saturated rings. The molecule has 0 aliphatic rings. The van der Waals surface area contributed by atoms with E-state index in [1.54, 1.807) is 25.2 Å². The first-order valence-corrected chi connectivity index (χ1v) is 5.86. The summed E-state index contributed by atoms with van der Waals surface area (Å²) in [4.78, 5) is 0. The summed E-state index contributed by atoms with van der Waals surface area (Å²) < 4.78 is 40.5. The largest absolute Gasteiger partial charge is 0.411 e. The van der Waals surface area contributed by atoms with Crippen molar-refractivity contribution >= 4 is 23.2 Å². The lowest BCUT2D eigenvalue weighted by molar-refractivity contribution is -0.175. The van der Waals surface area contributed by atoms with E-state index >= 15 is 0 Å². The molecule has 0 saturated carbocycles. The van der Waals surface area contributed by atoms with Gasteiger partial charge in [-0.15, -0.1) is 0 Å². The molecule has 0 aliphatic heterocycles. The fraction of sp³-hybridized carbons (Fsp3) is 0.455. The van der Waals surface area contributed by atoms with Crippen LogP contribution in [0.5, 0.6) is 0 Å². The molecule has 102 valence electrons. The molecule has 7 heteroatoms. The van der Waals surface area contributed by atoms with E-state index in [0.717, 1.165) is 0 Å². The molecule has 18 heavy (non-hydrogen) atoms. The van der Waals surface area contributed by atoms with Gasteiger partial charge in [-0.05, 0) is 30.8 Å². The fourth-order valence-electron chi connectivity index (χ4n) is 1.40. The number of halogens is 5. The summed E-state index contributed by atoms with van der Waals surface area (Å²) in [5, 5.41) is 3.73. The molecular formula is C11H12Cl2F3NO. The van der Waals surface area contributed by atoms with Crippen molar-refractivity contribution in [2.24, 2.45) is 0 Å². The van der Waals surface area contributed by atoms with Crippen molar-refractivity contribution in [2.45, 2.75) is 12.2 Å². The Bertz CT molecular complexity index is 398. The Labute approximate surface area is 113 Å². The molecule has 0 saturated heterocycles. The molecule has 0 bridgehead atoms. The maximum absolute atomic E-state index is 12.0. The molecule has 1 N–H and O–H groups in total. The van der Waals surface area contributed by atoms with E-state index in [1.807, 2.05) is 0 Å². The Kier molecular flexibility index (Phi) is 5.72. The molecule has 0 heterocycles. The Morgan fingerprint density at radius 3 is 2.56 bits per heavy atom. The van der Waals surface area contributed by atoms with Crippen LogP contribution in [0.25, 0.3) is 0 Å². The second kappa shape index (κ2) is 6.61. The highest BCUT2D eigenvalue weighted by molar-refractivity contribution is 6.33. The molecule has 0 radical (unpaired) electrons. The van der Waals surface area contributed by atoms with Crippen molar-refractivity contribution < 1.29 is 17.9 Å². The zero-order chi connectivity index (χ0) is 13.8. The van der Waals surface area contributed by atoms with Crippen molar-refractivity contribution in [3.63, 3.8) is 0 Å². The summed E-state index contributed by atoms with van der Waals surface area (Å²) in [6.45, 7) is -1.43. The van der Waals surface area contributed by atoms with Crippen LogP contribution in [0.3, 0.4) is 0 Å². The third-order valence-electron chi connectivity index (χ3n) is 2.23. The maximum Gasteiger partial charge on any atom is 0.411 e. The van der Waals surface area contributed by atoms with Crippen LogP contribution in [0.2, 0.25) is 10.0 Å². The summed E-state index contributed by atoms with van der Waals surface area (Å²) in [5.74, 6) is 0. The number of rotatable bonds is 5. The minimum absolute atomic E-state index is 0.143. The second-order valence-corrected chi connectivity index (χ2v) is 4.48. The van der Waals surface area contributed by atoms with Crippen molar-refractivity contribution in [3.05, 3.63) is 33.8 Å². The van der Waals surface area contributed by atoms with Gasteiger partial charge < -0.3 is 10.1 Å². The molecule has 1 atom stereocenters. The van der Waals surface area contributed by atoms with E-state index in [1.165, 1.54) is 0 Å². The number of hydrogen-bond donors (Lipinski definition) is 1. The highest BCUT2D eigenvalue weighted by Gasteiger charge is 2.28. The number of alkyl halides is 3. The molecule has 0 spiro atoms. The summed E-state index contributed by atoms with van der Waals surface area (Å²) in [5.41, 5.74) is 0.605. The summed E-state index contributed by atoms with van der Waals surface area (Å²) in [6, 6.07) is 4.35. The van der Waals surface area contributed by atoms with Crippen LogP contribution in [0.4, 0.5) is 13.2 Å². The number of likely N-dealkylation sites (N-methyl/N-ethyl adjacent to an activating group) is 1. The van der Waals surface area contributed by atoms with E-state index in [9.17, 15) is 13.2 Å². The lowest BCUT2D eigenvalue weighted by atomic mass is 10.1. The highest BCUT2D eigenvalue weighted by Crippen LogP contribution is 2.27. The molecule has 1 unspecified atom stereocenters. The van der Waals surface area contributed by atoms with Crippen LogP contribution >= 0.6 is 23.2 Å². The summed E-state index contributed by atoms with van der Waals surface area (Å²) in [6.07, 6.45) is -4.34. The zero-order valence-electron chi connectivity index (χ0n) is 9.52. The molecule has 0 aliphatic carbocycles. The van der Waals surface area contributed by atoms with Gasteiger partial charge in [-0.25, -0.2) is 0 Å². The second-order valence-electron chi connectivity index (χ2n) is 3.64. The quantitative estimate of drug-likeness (QED) is 0.892. The molecule has 0 aromatic heterocycles. The SMILES string of the molecule is CNC(COCC(F)(F)F)c1cc(Cl)ccc1Cl. The van der Waals surface area contributed by atoms with Gasteiger partial charge in [0.2, 0.25) is 0 Å². The van der Waals surface area contributed by atoms with E-state index in [-0.39, 0.29) is 6.61 Å². The van der Waals surface area contributed by atoms with Crippen LogP contribution in [-0.4, -0.2) is 26.4 Å². The van der Waals surface area contributed by atoms with E-state index in [4.69, 9.17) is 23.2 Å². The van der Waals surface area contributed by atoms with Gasteiger partial charge in [-0.2, -0.15) is 13.2 Å². The van der Waals surface area contributed by atoms with Crippen molar-refractivity contribution in [3.8, 4) is 0 Å². The first kappa shape index (κ1) is 15.6. The van der Waals surface area contributed by atoms with Crippen LogP contribution in [0.1, 0.15) is 11.6 Å². The molecule has 2 nitrogen and oxygen atoms in total. The van der Waals surface area contributed by atoms with E-state index in [2.05, 4.69) is 10.1 Å². The molecule has 1 aromatic rings. The first-order chi connectivity index (χ1) is 8.33. The third kappa shape index (κ3) is 5.02. The van der Waals surface area contributed by atoms with Crippen LogP contribution in [0.15, 0.2) is 18.2 Å². The van der Waals surface area contributed by atoms with Gasteiger partial charge in [0.15, 0.2) is 0 Å². The summed E-state index contributed by atoms with van der Waals surface area (Å²) >= 11 is 11.8. The number of ether oxygens (including phenoxy) is 1. The monoisotopic (exact) mass is 301 g/mol. The minimum Gasteiger partial charge on any atom is -0.370 e. The number of hydrogen-bond acceptors (Lipinski definition) is 2. The fourth-order valence-corrected chi connectivity index (χ4v) is 1.83. The van der Waals surface area contributed by atoms with Gasteiger partial charge in [-0.1, -0.05) is 23.2 Å². The van der Waals surface area contributed by atoms with Gasteiger partial charge in [0, 0.05) is 10.0 Å². The Morgan fingerprint density at radius 2 is 2.00 bits per heavy atom. The number of nitrogens with one attached hydrogen (secondary N) is 1. The zero-order valence-corrected chi connectivity index (χ0v) is 11.0. The average molecular weight is 302 g/mol. The lowest BCUT2D eigenvalue weighted by Crippen LogP contribution is -2.25. The Hall–Kier alpha value is -0.490. The highest BCUT2D eigenvalue weighted by atomic mass is 35.5. The Morgan fingerprint density at radius 1 is 1.33 bits per heavy atom. The van der Waals surface area contributed by atoms with Crippen LogP contribution < -0.4 is 5.32 Å².